The Balaban J connectivity index is 1.61. The highest BCUT2D eigenvalue weighted by molar-refractivity contribution is 6.06. The highest BCUT2D eigenvalue weighted by Crippen LogP contribution is 2.39. The zero-order chi connectivity index (χ0) is 29.0. The van der Waals surface area contributed by atoms with Gasteiger partial charge >= 0.3 is 6.09 Å². The van der Waals surface area contributed by atoms with Crippen molar-refractivity contribution in [2.45, 2.75) is 37.9 Å². The molecule has 4 N–H and O–H groups in total. The first kappa shape index (κ1) is 27.5. The number of amidine groups is 1. The number of carbonyl (C=O) groups excluding carboxylic acids is 1. The second-order valence-corrected chi connectivity index (χ2v) is 9.42. The standard InChI is InChI=1S/C29H30FN9O2/c1-5-39-16-19(14-34-39)29(17-33-38-28(40)41-4)26-22(21-10-6-7-11-24(21)36-26)13-25(37-29)27(31-3)35-18(2)23-12-8-9-20(30)15-32-23/h6-7,10-11,14-17,25,36-37H,2,5,12-13H2,1,3-4H3,(H,31,35)(H,38,40)/b33-17+/t25-,29?/m1/s1. The molecule has 2 aliphatic rings. The van der Waals surface area contributed by atoms with Crippen LogP contribution in [-0.2, 0) is 23.2 Å². The van der Waals surface area contributed by atoms with Crippen LogP contribution in [0.4, 0.5) is 9.18 Å². The van der Waals surface area contributed by atoms with Crippen molar-refractivity contribution in [2.75, 3.05) is 14.2 Å². The van der Waals surface area contributed by atoms with Crippen molar-refractivity contribution in [2.24, 2.45) is 15.1 Å². The van der Waals surface area contributed by atoms with Crippen LogP contribution in [-0.4, -0.2) is 58.8 Å². The zero-order valence-electron chi connectivity index (χ0n) is 23.0. The van der Waals surface area contributed by atoms with Gasteiger partial charge in [-0.1, -0.05) is 30.7 Å². The third-order valence-corrected chi connectivity index (χ3v) is 7.03. The number of benzene rings is 1. The summed E-state index contributed by atoms with van der Waals surface area (Å²) in [7, 11) is 2.95. The lowest BCUT2D eigenvalue weighted by Gasteiger charge is -2.40. The molecule has 2 aromatic heterocycles. The van der Waals surface area contributed by atoms with E-state index >= 15 is 0 Å². The molecule has 11 nitrogen and oxygen atoms in total. The maximum Gasteiger partial charge on any atom is 0.427 e. The number of fused-ring (bicyclic) bond motifs is 3. The molecular weight excluding hydrogens is 525 g/mol. The van der Waals surface area contributed by atoms with E-state index < -0.39 is 17.5 Å². The summed E-state index contributed by atoms with van der Waals surface area (Å²) in [5, 5.41) is 16.8. The molecule has 0 fully saturated rings. The summed E-state index contributed by atoms with van der Waals surface area (Å²) >= 11 is 0. The van der Waals surface area contributed by atoms with E-state index in [0.29, 0.717) is 30.2 Å². The fraction of sp³-hybridized carbons (Fsp3) is 0.276. The van der Waals surface area contributed by atoms with Crippen LogP contribution >= 0.6 is 0 Å². The number of nitrogens with zero attached hydrogens (tertiary/aromatic N) is 5. The van der Waals surface area contributed by atoms with E-state index in [1.165, 1.54) is 7.11 Å². The highest BCUT2D eigenvalue weighted by atomic mass is 19.1. The number of hydrazone groups is 1. The SMILES string of the molecule is C=C(NC(=NC)[C@H]1Cc2c([nH]c3ccccc23)C(/C=N/NC(=O)OC)(c2cnn(CC)c2)N1)C1=NC=C(F)C#CC1. The van der Waals surface area contributed by atoms with Gasteiger partial charge in [-0.05, 0) is 30.9 Å². The molecule has 3 aromatic rings. The number of methoxy groups -OCH3 is 1. The first-order valence-corrected chi connectivity index (χ1v) is 13.0. The van der Waals surface area contributed by atoms with Gasteiger partial charge in [0.05, 0.1) is 55.3 Å². The van der Waals surface area contributed by atoms with Gasteiger partial charge in [-0.2, -0.15) is 14.6 Å². The van der Waals surface area contributed by atoms with E-state index in [9.17, 15) is 9.18 Å². The topological polar surface area (TPSA) is 133 Å². The molecule has 1 unspecified atom stereocenters. The maximum atomic E-state index is 13.6. The number of aliphatic imine (C=N–C) groups is 2. The smallest absolute Gasteiger partial charge is 0.427 e. The summed E-state index contributed by atoms with van der Waals surface area (Å²) in [4.78, 5) is 24.2. The molecule has 2 aliphatic heterocycles. The number of hydrogen-bond donors (Lipinski definition) is 4. The Hall–Kier alpha value is -5.02. The van der Waals surface area contributed by atoms with Gasteiger partial charge in [0.15, 0.2) is 5.83 Å². The van der Waals surface area contributed by atoms with Crippen molar-refractivity contribution in [1.29, 1.82) is 0 Å². The number of carbonyl (C=O) groups is 1. The summed E-state index contributed by atoms with van der Waals surface area (Å²) in [5.41, 5.74) is 5.98. The summed E-state index contributed by atoms with van der Waals surface area (Å²) < 4.78 is 20.2. The van der Waals surface area contributed by atoms with Crippen LogP contribution in [0.15, 0.2) is 76.0 Å². The van der Waals surface area contributed by atoms with E-state index in [2.05, 4.69) is 65.7 Å². The quantitative estimate of drug-likeness (QED) is 0.154. The zero-order valence-corrected chi connectivity index (χ0v) is 23.0. The van der Waals surface area contributed by atoms with E-state index in [0.717, 1.165) is 33.9 Å². The molecule has 0 bridgehead atoms. The Morgan fingerprint density at radius 1 is 1.41 bits per heavy atom. The Kier molecular flexibility index (Phi) is 7.80. The molecule has 0 spiro atoms. The van der Waals surface area contributed by atoms with Gasteiger partial charge in [0.2, 0.25) is 0 Å². The molecule has 2 atom stereocenters. The normalized spacial score (nSPS) is 20.4. The molecule has 0 aliphatic carbocycles. The highest BCUT2D eigenvalue weighted by Gasteiger charge is 2.45. The number of allylic oxidation sites excluding steroid dienone is 2. The lowest BCUT2D eigenvalue weighted by Crippen LogP contribution is -2.59. The van der Waals surface area contributed by atoms with Crippen LogP contribution in [0.2, 0.25) is 0 Å². The van der Waals surface area contributed by atoms with E-state index in [1.807, 2.05) is 36.0 Å². The van der Waals surface area contributed by atoms with Gasteiger partial charge in [0.25, 0.3) is 0 Å². The van der Waals surface area contributed by atoms with Crippen molar-refractivity contribution >= 4 is 34.8 Å². The summed E-state index contributed by atoms with van der Waals surface area (Å²) in [5.74, 6) is 5.14. The fourth-order valence-electron chi connectivity index (χ4n) is 5.02. The molecule has 0 saturated carbocycles. The van der Waals surface area contributed by atoms with E-state index in [-0.39, 0.29) is 12.5 Å². The van der Waals surface area contributed by atoms with Gasteiger partial charge in [0.1, 0.15) is 11.4 Å². The number of H-pyrrole nitrogens is 1. The molecule has 0 saturated heterocycles. The number of amides is 1. The van der Waals surface area contributed by atoms with Crippen molar-refractivity contribution in [3.05, 3.63) is 77.8 Å². The van der Waals surface area contributed by atoms with E-state index in [1.54, 1.807) is 19.5 Å². The Bertz CT molecular complexity index is 1680. The fourth-order valence-corrected chi connectivity index (χ4v) is 5.02. The molecule has 5 rings (SSSR count). The number of hydrogen-bond acceptors (Lipinski definition) is 7. The average molecular weight is 556 g/mol. The summed E-state index contributed by atoms with van der Waals surface area (Å²) in [6, 6.07) is 7.66. The van der Waals surface area contributed by atoms with Gasteiger partial charge in [-0.15, -0.1) is 0 Å². The third-order valence-electron chi connectivity index (χ3n) is 7.03. The first-order valence-electron chi connectivity index (χ1n) is 13.0. The van der Waals surface area contributed by atoms with Crippen LogP contribution in [0.5, 0.6) is 0 Å². The van der Waals surface area contributed by atoms with Crippen LogP contribution in [0.25, 0.3) is 10.9 Å². The second kappa shape index (κ2) is 11.6. The van der Waals surface area contributed by atoms with Crippen molar-refractivity contribution in [1.82, 2.24) is 30.8 Å². The number of aryl methyl sites for hydroxylation is 1. The molecule has 41 heavy (non-hydrogen) atoms. The Morgan fingerprint density at radius 2 is 2.24 bits per heavy atom. The lowest BCUT2D eigenvalue weighted by molar-refractivity contribution is 0.171. The Morgan fingerprint density at radius 3 is 3.00 bits per heavy atom. The minimum Gasteiger partial charge on any atom is -0.452 e. The molecule has 12 heteroatoms. The predicted molar refractivity (Wildman–Crippen MR) is 156 cm³/mol. The van der Waals surface area contributed by atoms with Crippen LogP contribution < -0.4 is 16.1 Å². The van der Waals surface area contributed by atoms with Crippen LogP contribution in [0.3, 0.4) is 0 Å². The third kappa shape index (κ3) is 5.39. The molecule has 4 heterocycles. The van der Waals surface area contributed by atoms with Crippen molar-refractivity contribution in [3.63, 3.8) is 0 Å². The van der Waals surface area contributed by atoms with Crippen LogP contribution in [0.1, 0.15) is 30.2 Å². The van der Waals surface area contributed by atoms with Crippen LogP contribution in [0, 0.1) is 11.8 Å². The number of ether oxygens (including phenoxy) is 1. The lowest BCUT2D eigenvalue weighted by atomic mass is 9.80. The Labute approximate surface area is 236 Å². The minimum absolute atomic E-state index is 0.240. The number of aromatic amines is 1. The second-order valence-electron chi connectivity index (χ2n) is 9.42. The van der Waals surface area contributed by atoms with Crippen molar-refractivity contribution < 1.29 is 13.9 Å². The van der Waals surface area contributed by atoms with Gasteiger partial charge in [0, 0.05) is 36.3 Å². The maximum absolute atomic E-state index is 13.6. The first-order chi connectivity index (χ1) is 19.9. The number of nitrogens with one attached hydrogen (secondary N) is 4. The molecule has 210 valence electrons. The molecule has 0 radical (unpaired) electrons. The van der Waals surface area contributed by atoms with Gasteiger partial charge in [-0.3, -0.25) is 20.0 Å². The molecular formula is C29H30FN9O2. The number of aromatic nitrogens is 3. The van der Waals surface area contributed by atoms with Gasteiger partial charge < -0.3 is 15.0 Å². The predicted octanol–water partition coefficient (Wildman–Crippen LogP) is 3.27. The van der Waals surface area contributed by atoms with Crippen molar-refractivity contribution in [3.8, 4) is 11.8 Å². The summed E-state index contributed by atoms with van der Waals surface area (Å²) in [6.07, 6.45) is 6.53. The summed E-state index contributed by atoms with van der Waals surface area (Å²) in [6.45, 7) is 6.79. The molecule has 1 amide bonds. The number of halogens is 1. The largest absolute Gasteiger partial charge is 0.452 e. The monoisotopic (exact) mass is 555 g/mol. The average Bonchev–Trinajstić information content (AvgIpc) is 3.56. The number of para-hydroxylation sites is 1. The van der Waals surface area contributed by atoms with E-state index in [4.69, 9.17) is 4.74 Å². The van der Waals surface area contributed by atoms with Gasteiger partial charge in [-0.25, -0.2) is 10.2 Å². The minimum atomic E-state index is -1.05. The number of rotatable bonds is 7. The molecule has 1 aromatic carbocycles.